The van der Waals surface area contributed by atoms with E-state index in [9.17, 15) is 21.6 Å². The molecule has 2 aliphatic rings. The fourth-order valence-corrected chi connectivity index (χ4v) is 4.33. The molecule has 27 heavy (non-hydrogen) atoms. The highest BCUT2D eigenvalue weighted by atomic mass is 32.2. The van der Waals surface area contributed by atoms with Gasteiger partial charge in [0.25, 0.3) is 0 Å². The molecule has 2 atom stereocenters. The maximum Gasteiger partial charge on any atom is 0.511 e. The maximum absolute atomic E-state index is 12.6. The number of aliphatic imine (C=N–C) groups is 1. The van der Waals surface area contributed by atoms with Gasteiger partial charge in [-0.1, -0.05) is 30.3 Å². The van der Waals surface area contributed by atoms with Crippen molar-refractivity contribution in [2.24, 2.45) is 4.99 Å². The summed E-state index contributed by atoms with van der Waals surface area (Å²) in [4.78, 5) is 4.18. The lowest BCUT2D eigenvalue weighted by molar-refractivity contribution is -0.0494. The van der Waals surface area contributed by atoms with E-state index in [2.05, 4.69) is 27.8 Å². The van der Waals surface area contributed by atoms with Crippen LogP contribution >= 0.6 is 0 Å². The van der Waals surface area contributed by atoms with Crippen molar-refractivity contribution in [1.82, 2.24) is 14.9 Å². The van der Waals surface area contributed by atoms with Crippen LogP contribution in [0.3, 0.4) is 0 Å². The van der Waals surface area contributed by atoms with Crippen molar-refractivity contribution in [3.63, 3.8) is 0 Å². The molecular weight excluding hydrogens is 381 g/mol. The molecule has 150 valence electrons. The van der Waals surface area contributed by atoms with E-state index in [0.29, 0.717) is 29.0 Å². The zero-order valence-corrected chi connectivity index (χ0v) is 15.7. The first-order valence-electron chi connectivity index (χ1n) is 8.83. The van der Waals surface area contributed by atoms with Crippen LogP contribution in [0.15, 0.2) is 35.3 Å². The number of benzene rings is 1. The highest BCUT2D eigenvalue weighted by molar-refractivity contribution is 7.90. The number of hydrogen-bond donors (Lipinski definition) is 2. The Kier molecular flexibility index (Phi) is 5.66. The normalized spacial score (nSPS) is 25.3. The summed E-state index contributed by atoms with van der Waals surface area (Å²) < 4.78 is 61.3. The zero-order valence-electron chi connectivity index (χ0n) is 14.9. The van der Waals surface area contributed by atoms with E-state index >= 15 is 0 Å². The summed E-state index contributed by atoms with van der Waals surface area (Å²) in [5.41, 5.74) is -3.99. The molecule has 1 aliphatic heterocycles. The minimum absolute atomic E-state index is 0.121. The van der Waals surface area contributed by atoms with Crippen LogP contribution in [-0.2, 0) is 10.0 Å². The van der Waals surface area contributed by atoms with Gasteiger partial charge in [0, 0.05) is 38.1 Å². The molecule has 6 nitrogen and oxygen atoms in total. The molecule has 0 radical (unpaired) electrons. The summed E-state index contributed by atoms with van der Waals surface area (Å²) in [6, 6.07) is 10.3. The summed E-state index contributed by atoms with van der Waals surface area (Å²) in [7, 11) is -3.61. The molecule has 1 saturated carbocycles. The van der Waals surface area contributed by atoms with Crippen LogP contribution in [0.1, 0.15) is 30.7 Å². The summed E-state index contributed by atoms with van der Waals surface area (Å²) >= 11 is 0. The third-order valence-electron chi connectivity index (χ3n) is 4.99. The second-order valence-electron chi connectivity index (χ2n) is 6.84. The number of piperidine rings is 1. The Balaban J connectivity index is 1.48. The maximum atomic E-state index is 12.6. The SMILES string of the molecule is CN=C(NC1CCN(S(=O)(=O)C(F)(F)F)CC1)NC1CC1c1ccccc1. The van der Waals surface area contributed by atoms with Gasteiger partial charge in [0.05, 0.1) is 0 Å². The first-order chi connectivity index (χ1) is 12.7. The van der Waals surface area contributed by atoms with E-state index in [1.165, 1.54) is 5.56 Å². The van der Waals surface area contributed by atoms with Gasteiger partial charge in [-0.3, -0.25) is 4.99 Å². The number of nitrogens with zero attached hydrogens (tertiary/aromatic N) is 2. The van der Waals surface area contributed by atoms with E-state index in [4.69, 9.17) is 0 Å². The van der Waals surface area contributed by atoms with E-state index in [1.807, 2.05) is 18.2 Å². The first kappa shape index (κ1) is 19.9. The van der Waals surface area contributed by atoms with Crippen LogP contribution < -0.4 is 10.6 Å². The van der Waals surface area contributed by atoms with Crippen molar-refractivity contribution in [1.29, 1.82) is 0 Å². The molecule has 2 N–H and O–H groups in total. The van der Waals surface area contributed by atoms with Crippen LogP contribution in [0, 0.1) is 0 Å². The Morgan fingerprint density at radius 1 is 1.15 bits per heavy atom. The quantitative estimate of drug-likeness (QED) is 0.595. The molecule has 0 amide bonds. The molecule has 0 aromatic heterocycles. The monoisotopic (exact) mass is 404 g/mol. The Morgan fingerprint density at radius 3 is 2.33 bits per heavy atom. The summed E-state index contributed by atoms with van der Waals surface area (Å²) in [6.07, 6.45) is 1.58. The van der Waals surface area contributed by atoms with Gasteiger partial charge in [0.1, 0.15) is 0 Å². The van der Waals surface area contributed by atoms with E-state index < -0.39 is 15.5 Å². The lowest BCUT2D eigenvalue weighted by Gasteiger charge is -2.32. The number of hydrogen-bond acceptors (Lipinski definition) is 3. The van der Waals surface area contributed by atoms with Gasteiger partial charge in [-0.15, -0.1) is 0 Å². The van der Waals surface area contributed by atoms with Crippen molar-refractivity contribution < 1.29 is 21.6 Å². The largest absolute Gasteiger partial charge is 0.511 e. The van der Waals surface area contributed by atoms with Gasteiger partial charge in [-0.25, -0.2) is 8.42 Å². The van der Waals surface area contributed by atoms with Gasteiger partial charge in [0.2, 0.25) is 0 Å². The molecule has 10 heteroatoms. The lowest BCUT2D eigenvalue weighted by Crippen LogP contribution is -2.52. The lowest BCUT2D eigenvalue weighted by atomic mass is 10.1. The molecule has 1 aromatic carbocycles. The topological polar surface area (TPSA) is 73.8 Å². The Labute approximate surface area is 156 Å². The summed E-state index contributed by atoms with van der Waals surface area (Å²) in [5.74, 6) is 1.01. The first-order valence-corrected chi connectivity index (χ1v) is 10.3. The number of halogens is 3. The zero-order chi connectivity index (χ0) is 19.7. The van der Waals surface area contributed by atoms with E-state index in [1.54, 1.807) is 7.05 Å². The Bertz CT molecular complexity index is 775. The number of alkyl halides is 3. The number of rotatable bonds is 4. The fraction of sp³-hybridized carbons (Fsp3) is 0.588. The second-order valence-corrected chi connectivity index (χ2v) is 8.77. The van der Waals surface area contributed by atoms with E-state index in [0.717, 1.165) is 6.42 Å². The predicted octanol–water partition coefficient (Wildman–Crippen LogP) is 2.02. The van der Waals surface area contributed by atoms with Gasteiger partial charge in [-0.2, -0.15) is 17.5 Å². The van der Waals surface area contributed by atoms with Crippen molar-refractivity contribution in [2.75, 3.05) is 20.1 Å². The van der Waals surface area contributed by atoms with Crippen molar-refractivity contribution >= 4 is 16.0 Å². The molecule has 1 aliphatic carbocycles. The van der Waals surface area contributed by atoms with Crippen molar-refractivity contribution in [3.05, 3.63) is 35.9 Å². The van der Waals surface area contributed by atoms with Crippen LogP contribution in [-0.4, -0.2) is 56.4 Å². The molecule has 3 rings (SSSR count). The standard InChI is InChI=1S/C17H23F3N4O2S/c1-21-16(23-15-11-14(15)12-5-3-2-4-6-12)22-13-7-9-24(10-8-13)27(25,26)17(18,19)20/h2-6,13-15H,7-11H2,1H3,(H2,21,22,23). The number of nitrogens with one attached hydrogen (secondary N) is 2. The average Bonchev–Trinajstić information content (AvgIpc) is 3.40. The Morgan fingerprint density at radius 2 is 1.78 bits per heavy atom. The van der Waals surface area contributed by atoms with Crippen LogP contribution in [0.25, 0.3) is 0 Å². The molecule has 2 unspecified atom stereocenters. The second kappa shape index (κ2) is 7.67. The van der Waals surface area contributed by atoms with E-state index in [-0.39, 0.29) is 25.2 Å². The molecule has 2 fully saturated rings. The van der Waals surface area contributed by atoms with Gasteiger partial charge in [-0.05, 0) is 24.8 Å². The molecule has 1 aromatic rings. The highest BCUT2D eigenvalue weighted by Gasteiger charge is 2.50. The third kappa shape index (κ3) is 4.55. The third-order valence-corrected chi connectivity index (χ3v) is 6.62. The molecule has 1 heterocycles. The Hall–Kier alpha value is -1.81. The summed E-state index contributed by atoms with van der Waals surface area (Å²) in [6.45, 7) is -0.320. The van der Waals surface area contributed by atoms with Crippen molar-refractivity contribution in [3.8, 4) is 0 Å². The van der Waals surface area contributed by atoms with Gasteiger partial charge in [0.15, 0.2) is 5.96 Å². The minimum Gasteiger partial charge on any atom is -0.354 e. The summed E-state index contributed by atoms with van der Waals surface area (Å²) in [5, 5.41) is 6.53. The van der Waals surface area contributed by atoms with Gasteiger partial charge < -0.3 is 10.6 Å². The smallest absolute Gasteiger partial charge is 0.354 e. The number of guanidine groups is 1. The minimum atomic E-state index is -5.25. The average molecular weight is 404 g/mol. The van der Waals surface area contributed by atoms with Crippen LogP contribution in [0.2, 0.25) is 0 Å². The van der Waals surface area contributed by atoms with Crippen LogP contribution in [0.4, 0.5) is 13.2 Å². The highest BCUT2D eigenvalue weighted by Crippen LogP contribution is 2.40. The van der Waals surface area contributed by atoms with Crippen molar-refractivity contribution in [2.45, 2.75) is 42.8 Å². The molecule has 0 bridgehead atoms. The fourth-order valence-electron chi connectivity index (χ4n) is 3.35. The number of sulfonamides is 1. The molecule has 0 spiro atoms. The molecule has 1 saturated heterocycles. The predicted molar refractivity (Wildman–Crippen MR) is 96.8 cm³/mol. The van der Waals surface area contributed by atoms with Gasteiger partial charge >= 0.3 is 15.5 Å². The van der Waals surface area contributed by atoms with Crippen LogP contribution in [0.5, 0.6) is 0 Å². The molecular formula is C17H23F3N4O2S.